The number of ketones is 1. The molecule has 1 aromatic rings. The van der Waals surface area contributed by atoms with E-state index in [1.54, 1.807) is 0 Å². The van der Waals surface area contributed by atoms with Crippen molar-refractivity contribution in [2.45, 2.75) is 25.9 Å². The summed E-state index contributed by atoms with van der Waals surface area (Å²) in [5.41, 5.74) is 0.369. The molecule has 1 aromatic carbocycles. The Labute approximate surface area is 102 Å². The topological polar surface area (TPSA) is 17.1 Å². The van der Waals surface area contributed by atoms with E-state index in [0.717, 1.165) is 6.16 Å². The highest BCUT2D eigenvalue weighted by Crippen LogP contribution is 2.55. The van der Waals surface area contributed by atoms with E-state index < -0.39 is 6.04 Å². The van der Waals surface area contributed by atoms with E-state index in [0.29, 0.717) is 17.9 Å². The maximum atomic E-state index is 11.7. The van der Waals surface area contributed by atoms with Crippen molar-refractivity contribution in [1.82, 2.24) is 0 Å². The molecule has 0 N–H and O–H groups in total. The zero-order valence-electron chi connectivity index (χ0n) is 9.72. The van der Waals surface area contributed by atoms with E-state index in [-0.39, 0.29) is 5.92 Å². The van der Waals surface area contributed by atoms with Crippen LogP contribution in [-0.2, 0) is 16.6 Å². The lowest BCUT2D eigenvalue weighted by Gasteiger charge is -2.36. The molecule has 0 spiro atoms. The number of carbonyl (C=O) groups excluding carboxylic acids is 1. The molecule has 2 rings (SSSR count). The molecule has 3 atom stereocenters. The van der Waals surface area contributed by atoms with Gasteiger partial charge >= 0.3 is 0 Å². The van der Waals surface area contributed by atoms with Gasteiger partial charge in [-0.2, -0.15) is 0 Å². The van der Waals surface area contributed by atoms with Crippen LogP contribution in [0.25, 0.3) is 0 Å². The van der Waals surface area contributed by atoms with Gasteiger partial charge in [0.15, 0.2) is 0 Å². The fraction of sp³-hybridized carbons (Fsp3) is 0.462. The van der Waals surface area contributed by atoms with Crippen LogP contribution in [0.2, 0.25) is 0 Å². The van der Waals surface area contributed by atoms with Gasteiger partial charge in [-0.1, -0.05) is 56.0 Å². The highest BCUT2D eigenvalue weighted by Gasteiger charge is 2.36. The lowest BCUT2D eigenvalue weighted by atomic mass is 10.0. The van der Waals surface area contributed by atoms with Gasteiger partial charge in [-0.3, -0.25) is 4.79 Å². The Morgan fingerprint density at radius 1 is 1.25 bits per heavy atom. The molecule has 1 aliphatic rings. The van der Waals surface area contributed by atoms with Gasteiger partial charge in [0.25, 0.3) is 0 Å². The summed E-state index contributed by atoms with van der Waals surface area (Å²) in [7, 11) is 0. The second-order valence-electron chi connectivity index (χ2n) is 4.73. The minimum atomic E-state index is -1.54. The quantitative estimate of drug-likeness (QED) is 0.715. The van der Waals surface area contributed by atoms with Gasteiger partial charge in [-0.25, -0.2) is 0 Å². The minimum absolute atomic E-state index is 0.155. The zero-order chi connectivity index (χ0) is 11.8. The molecule has 1 saturated heterocycles. The average Bonchev–Trinajstić information content (AvgIpc) is 2.28. The molecule has 0 amide bonds. The number of Topliss-reactive ketones (excluding diaryl/α,β-unsaturated/α-hetero) is 1. The van der Waals surface area contributed by atoms with Crippen LogP contribution in [-0.4, -0.2) is 17.6 Å². The van der Waals surface area contributed by atoms with Gasteiger partial charge in [-0.05, 0) is 23.2 Å². The molecule has 1 nitrogen and oxygen atoms in total. The van der Waals surface area contributed by atoms with Crippen LogP contribution in [0.15, 0.2) is 30.3 Å². The van der Waals surface area contributed by atoms with Crippen molar-refractivity contribution in [3.63, 3.8) is 0 Å². The summed E-state index contributed by atoms with van der Waals surface area (Å²) in [5, 5.41) is 1.30. The Morgan fingerprint density at radius 2 is 1.88 bits per heavy atom. The van der Waals surface area contributed by atoms with Crippen LogP contribution in [0.1, 0.15) is 20.3 Å². The molecule has 86 valence electrons. The number of hydrogen-bond donors (Lipinski definition) is 0. The highest BCUT2D eigenvalue weighted by atomic mass is 32.4. The molecule has 0 aliphatic carbocycles. The Kier molecular flexibility index (Phi) is 3.32. The summed E-state index contributed by atoms with van der Waals surface area (Å²) in [6.45, 7) is 4.18. The summed E-state index contributed by atoms with van der Waals surface area (Å²) < 4.78 is 0. The second-order valence-corrected chi connectivity index (χ2v) is 10.0. The summed E-state index contributed by atoms with van der Waals surface area (Å²) in [4.78, 5) is 11.7. The molecule has 0 unspecified atom stereocenters. The van der Waals surface area contributed by atoms with Gasteiger partial charge in [0.05, 0.1) is 0 Å². The van der Waals surface area contributed by atoms with Crippen molar-refractivity contribution >= 4 is 28.9 Å². The normalized spacial score (nSPS) is 35.0. The van der Waals surface area contributed by atoms with Crippen LogP contribution in [0.3, 0.4) is 0 Å². The van der Waals surface area contributed by atoms with Crippen molar-refractivity contribution in [3.05, 3.63) is 30.3 Å². The molecule has 1 aliphatic heterocycles. The van der Waals surface area contributed by atoms with E-state index in [1.807, 2.05) is 13.0 Å². The van der Waals surface area contributed by atoms with E-state index >= 15 is 0 Å². The lowest BCUT2D eigenvalue weighted by molar-refractivity contribution is -0.122. The van der Waals surface area contributed by atoms with Gasteiger partial charge in [0.1, 0.15) is 5.78 Å². The molecular weight excluding hydrogens is 235 g/mol. The monoisotopic (exact) mass is 252 g/mol. The van der Waals surface area contributed by atoms with Crippen molar-refractivity contribution < 1.29 is 4.79 Å². The Bertz CT molecular complexity index is 441. The largest absolute Gasteiger partial charge is 0.299 e. The third-order valence-electron chi connectivity index (χ3n) is 3.50. The third kappa shape index (κ3) is 2.01. The van der Waals surface area contributed by atoms with Crippen molar-refractivity contribution in [1.29, 1.82) is 0 Å². The number of benzene rings is 1. The van der Waals surface area contributed by atoms with Crippen molar-refractivity contribution in [3.8, 4) is 0 Å². The maximum Gasteiger partial charge on any atom is 0.136 e. The zero-order valence-corrected chi connectivity index (χ0v) is 11.4. The second kappa shape index (κ2) is 4.43. The molecule has 3 heteroatoms. The van der Waals surface area contributed by atoms with Gasteiger partial charge in [0.2, 0.25) is 0 Å². The molecule has 1 fully saturated rings. The predicted molar refractivity (Wildman–Crippen MR) is 73.5 cm³/mol. The van der Waals surface area contributed by atoms with E-state index in [4.69, 9.17) is 11.8 Å². The summed E-state index contributed by atoms with van der Waals surface area (Å²) in [6.07, 6.45) is 1.58. The van der Waals surface area contributed by atoms with Crippen LogP contribution in [0.4, 0.5) is 0 Å². The number of hydrogen-bond acceptors (Lipinski definition) is 2. The van der Waals surface area contributed by atoms with Crippen LogP contribution >= 0.6 is 6.04 Å². The van der Waals surface area contributed by atoms with Crippen LogP contribution in [0, 0.1) is 5.92 Å². The third-order valence-corrected chi connectivity index (χ3v) is 9.52. The first-order valence-corrected chi connectivity index (χ1v) is 8.77. The first-order valence-electron chi connectivity index (χ1n) is 5.71. The molecular formula is C13H17OPS. The molecule has 0 saturated carbocycles. The molecule has 16 heavy (non-hydrogen) atoms. The molecule has 0 aromatic heterocycles. The standard InChI is InChI=1S/C13H17OPS/c1-10-9-15(16,11(2)8-13(10)14)12-6-4-3-5-7-12/h3-7,10-11H,8-9H2,1-2H3/t10-,11+,15-/m0/s1. The minimum Gasteiger partial charge on any atom is -0.299 e. The predicted octanol–water partition coefficient (Wildman–Crippen LogP) is 2.79. The van der Waals surface area contributed by atoms with Gasteiger partial charge in [-0.15, -0.1) is 0 Å². The highest BCUT2D eigenvalue weighted by molar-refractivity contribution is 8.18. The fourth-order valence-electron chi connectivity index (χ4n) is 2.37. The number of rotatable bonds is 1. The fourth-order valence-corrected chi connectivity index (χ4v) is 6.88. The molecule has 0 radical (unpaired) electrons. The van der Waals surface area contributed by atoms with Crippen molar-refractivity contribution in [2.24, 2.45) is 5.92 Å². The van der Waals surface area contributed by atoms with E-state index in [9.17, 15) is 4.79 Å². The van der Waals surface area contributed by atoms with Gasteiger partial charge in [0, 0.05) is 12.3 Å². The summed E-state index contributed by atoms with van der Waals surface area (Å²) in [5.74, 6) is 0.547. The smallest absolute Gasteiger partial charge is 0.136 e. The Hall–Kier alpha value is -0.460. The van der Waals surface area contributed by atoms with E-state index in [2.05, 4.69) is 31.2 Å². The van der Waals surface area contributed by atoms with Crippen molar-refractivity contribution in [2.75, 3.05) is 6.16 Å². The average molecular weight is 252 g/mol. The maximum absolute atomic E-state index is 11.7. The first kappa shape index (κ1) is 12.0. The van der Waals surface area contributed by atoms with Crippen LogP contribution in [0.5, 0.6) is 0 Å². The number of carbonyl (C=O) groups is 1. The summed E-state index contributed by atoms with van der Waals surface area (Å²) in [6, 6.07) is 8.87. The molecule has 1 heterocycles. The SMILES string of the molecule is C[C@@H]1CC(=O)[C@@H](C)C[P@@]1(=S)c1ccccc1. The lowest BCUT2D eigenvalue weighted by Crippen LogP contribution is -2.32. The first-order chi connectivity index (χ1) is 7.54. The Balaban J connectivity index is 2.38. The van der Waals surface area contributed by atoms with E-state index in [1.165, 1.54) is 5.30 Å². The Morgan fingerprint density at radius 3 is 2.50 bits per heavy atom. The molecule has 0 bridgehead atoms. The summed E-state index contributed by atoms with van der Waals surface area (Å²) >= 11 is 5.93. The van der Waals surface area contributed by atoms with Gasteiger partial charge < -0.3 is 0 Å². The van der Waals surface area contributed by atoms with Crippen LogP contribution < -0.4 is 5.30 Å².